The van der Waals surface area contributed by atoms with Crippen LogP contribution in [0.5, 0.6) is 0 Å². The largest absolute Gasteiger partial charge is 0.336 e. The number of hydrogen-bond donors (Lipinski definition) is 1. The van der Waals surface area contributed by atoms with Gasteiger partial charge in [0.1, 0.15) is 16.3 Å². The molecule has 1 radical (unpaired) electrons. The molecule has 1 heterocycles. The van der Waals surface area contributed by atoms with Crippen molar-refractivity contribution < 1.29 is 18.1 Å². The smallest absolute Gasteiger partial charge is 0.282 e. The summed E-state index contributed by atoms with van der Waals surface area (Å²) in [5, 5.41) is 11.3. The highest BCUT2D eigenvalue weighted by molar-refractivity contribution is 7.71. The lowest BCUT2D eigenvalue weighted by Crippen LogP contribution is -2.50. The third-order valence-electron chi connectivity index (χ3n) is 4.05. The first-order valence-corrected chi connectivity index (χ1v) is 9.00. The minimum absolute atomic E-state index is 0.0529. The lowest BCUT2D eigenvalue weighted by atomic mass is 10.1. The van der Waals surface area contributed by atoms with E-state index in [9.17, 15) is 23.3 Å². The number of nitro benzene ring substituents is 1. The lowest BCUT2D eigenvalue weighted by molar-refractivity contribution is -0.385. The number of nitro groups is 1. The van der Waals surface area contributed by atoms with Gasteiger partial charge < -0.3 is 4.90 Å². The summed E-state index contributed by atoms with van der Waals surface area (Å²) in [6, 6.07) is 5.39. The van der Waals surface area contributed by atoms with Crippen LogP contribution in [0, 0.1) is 16.2 Å². The molecule has 1 amide bonds. The lowest BCUT2D eigenvalue weighted by Gasteiger charge is -2.36. The van der Waals surface area contributed by atoms with Gasteiger partial charge in [0.2, 0.25) is 0 Å². The van der Waals surface area contributed by atoms with Crippen molar-refractivity contribution in [3.63, 3.8) is 0 Å². The molecular formula is C15H20N3O5S. The number of amides is 1. The number of nitrogens with zero attached hydrogens (tertiary/aromatic N) is 3. The van der Waals surface area contributed by atoms with Gasteiger partial charge in [-0.1, -0.05) is 0 Å². The Kier molecular flexibility index (Phi) is 5.89. The second-order valence-electron chi connectivity index (χ2n) is 5.93. The molecule has 0 saturated carbocycles. The Labute approximate surface area is 142 Å². The number of carbonyl (C=O) groups is 1. The second kappa shape index (κ2) is 7.71. The van der Waals surface area contributed by atoms with Crippen molar-refractivity contribution >= 4 is 22.3 Å². The first-order valence-electron chi connectivity index (χ1n) is 7.63. The number of benzene rings is 1. The Bertz CT molecular complexity index is 701. The van der Waals surface area contributed by atoms with Gasteiger partial charge in [0.25, 0.3) is 11.6 Å². The molecule has 131 valence electrons. The van der Waals surface area contributed by atoms with Crippen molar-refractivity contribution in [2.75, 3.05) is 26.2 Å². The minimum atomic E-state index is -2.71. The molecule has 1 aromatic carbocycles. The molecule has 1 saturated heterocycles. The van der Waals surface area contributed by atoms with E-state index in [0.29, 0.717) is 19.1 Å². The number of hydrogen-bond acceptors (Lipinski definition) is 6. The Hall–Kier alpha value is -2.00. The van der Waals surface area contributed by atoms with Gasteiger partial charge in [0.05, 0.1) is 10.7 Å². The van der Waals surface area contributed by atoms with Crippen LogP contribution < -0.4 is 0 Å². The molecule has 8 nitrogen and oxygen atoms in total. The second-order valence-corrected chi connectivity index (χ2v) is 6.91. The number of piperazine rings is 1. The van der Waals surface area contributed by atoms with E-state index in [4.69, 9.17) is 0 Å². The van der Waals surface area contributed by atoms with Gasteiger partial charge in [-0.15, -0.1) is 0 Å². The molecule has 0 atom stereocenters. The van der Waals surface area contributed by atoms with Crippen molar-refractivity contribution in [2.24, 2.45) is 0 Å². The van der Waals surface area contributed by atoms with Crippen molar-refractivity contribution in [3.05, 3.63) is 39.4 Å². The van der Waals surface area contributed by atoms with Crippen LogP contribution in [0.15, 0.2) is 12.1 Å². The molecular weight excluding hydrogens is 334 g/mol. The molecule has 1 aliphatic rings. The van der Waals surface area contributed by atoms with Gasteiger partial charge >= 0.3 is 0 Å². The Morgan fingerprint density at radius 3 is 2.46 bits per heavy atom. The van der Waals surface area contributed by atoms with E-state index in [1.807, 2.05) is 0 Å². The first kappa shape index (κ1) is 18.3. The molecule has 9 heteroatoms. The Morgan fingerprint density at radius 2 is 1.96 bits per heavy atom. The van der Waals surface area contributed by atoms with Gasteiger partial charge in [-0.25, -0.2) is 8.42 Å². The summed E-state index contributed by atoms with van der Waals surface area (Å²) in [6.07, 6.45) is 0. The van der Waals surface area contributed by atoms with Gasteiger partial charge in [-0.05, 0) is 31.5 Å². The predicted octanol–water partition coefficient (Wildman–Crippen LogP) is 0.673. The highest BCUT2D eigenvalue weighted by atomic mass is 32.2. The van der Waals surface area contributed by atoms with E-state index in [2.05, 4.69) is 24.8 Å². The van der Waals surface area contributed by atoms with E-state index in [1.165, 1.54) is 6.07 Å². The van der Waals surface area contributed by atoms with Crippen LogP contribution in [0.1, 0.15) is 29.8 Å². The van der Waals surface area contributed by atoms with Gasteiger partial charge in [0.15, 0.2) is 0 Å². The van der Waals surface area contributed by atoms with E-state index in [-0.39, 0.29) is 22.6 Å². The third-order valence-corrected chi connectivity index (χ3v) is 4.65. The molecule has 0 N–H and O–H groups in total. The summed E-state index contributed by atoms with van der Waals surface area (Å²) in [5.74, 6) is -0.753. The SMILES string of the molecule is CC(C)N1CCN(C(=O)c2c[c]c(C[SH](=O)=O)cc2[N+](=O)[O-])CC1. The topological polar surface area (TPSA) is 101 Å². The molecule has 0 bridgehead atoms. The molecule has 0 unspecified atom stereocenters. The molecule has 2 rings (SSSR count). The highest BCUT2D eigenvalue weighted by Crippen LogP contribution is 2.23. The summed E-state index contributed by atoms with van der Waals surface area (Å²) in [4.78, 5) is 27.0. The van der Waals surface area contributed by atoms with Crippen LogP contribution in [-0.4, -0.2) is 61.3 Å². The third kappa shape index (κ3) is 4.30. The summed E-state index contributed by atoms with van der Waals surface area (Å²) >= 11 is 0. The van der Waals surface area contributed by atoms with Crippen molar-refractivity contribution in [2.45, 2.75) is 25.6 Å². The summed E-state index contributed by atoms with van der Waals surface area (Å²) < 4.78 is 21.5. The average Bonchev–Trinajstić information content (AvgIpc) is 2.53. The van der Waals surface area contributed by atoms with Gasteiger partial charge in [-0.3, -0.25) is 19.8 Å². The molecule has 1 fully saturated rings. The highest BCUT2D eigenvalue weighted by Gasteiger charge is 2.28. The summed E-state index contributed by atoms with van der Waals surface area (Å²) in [6.45, 7) is 6.60. The van der Waals surface area contributed by atoms with E-state index in [1.54, 1.807) is 4.90 Å². The molecule has 0 aromatic heterocycles. The quantitative estimate of drug-likeness (QED) is 0.474. The van der Waals surface area contributed by atoms with Crippen molar-refractivity contribution in [3.8, 4) is 0 Å². The van der Waals surface area contributed by atoms with Crippen LogP contribution in [-0.2, 0) is 16.5 Å². The first-order chi connectivity index (χ1) is 11.3. The zero-order valence-electron chi connectivity index (χ0n) is 13.6. The fraction of sp³-hybridized carbons (Fsp3) is 0.533. The normalized spacial score (nSPS) is 15.9. The monoisotopic (exact) mass is 354 g/mol. The van der Waals surface area contributed by atoms with E-state index in [0.717, 1.165) is 19.2 Å². The van der Waals surface area contributed by atoms with Crippen LogP contribution in [0.2, 0.25) is 0 Å². The van der Waals surface area contributed by atoms with Crippen molar-refractivity contribution in [1.82, 2.24) is 9.80 Å². The Balaban J connectivity index is 2.21. The maximum Gasteiger partial charge on any atom is 0.282 e. The molecule has 0 spiro atoms. The molecule has 1 aliphatic heterocycles. The van der Waals surface area contributed by atoms with Crippen LogP contribution in [0.4, 0.5) is 5.69 Å². The minimum Gasteiger partial charge on any atom is -0.336 e. The maximum absolute atomic E-state index is 12.6. The van der Waals surface area contributed by atoms with Crippen LogP contribution in [0.3, 0.4) is 0 Å². The fourth-order valence-corrected chi connectivity index (χ4v) is 3.15. The Morgan fingerprint density at radius 1 is 1.33 bits per heavy atom. The summed E-state index contributed by atoms with van der Waals surface area (Å²) in [7, 11) is -2.71. The zero-order chi connectivity index (χ0) is 17.9. The zero-order valence-corrected chi connectivity index (χ0v) is 14.5. The molecule has 0 aliphatic carbocycles. The average molecular weight is 354 g/mol. The summed E-state index contributed by atoms with van der Waals surface area (Å²) in [5.41, 5.74) is -0.251. The van der Waals surface area contributed by atoms with Crippen LogP contribution >= 0.6 is 0 Å². The fourth-order valence-electron chi connectivity index (χ4n) is 2.69. The number of thiol groups is 1. The molecule has 24 heavy (non-hydrogen) atoms. The van der Waals surface area contributed by atoms with Gasteiger partial charge in [0, 0.05) is 38.3 Å². The number of carbonyl (C=O) groups excluding carboxylic acids is 1. The van der Waals surface area contributed by atoms with E-state index < -0.39 is 21.5 Å². The number of rotatable bonds is 5. The van der Waals surface area contributed by atoms with Crippen molar-refractivity contribution in [1.29, 1.82) is 0 Å². The maximum atomic E-state index is 12.6. The van der Waals surface area contributed by atoms with E-state index >= 15 is 0 Å². The molecule has 1 aromatic rings. The van der Waals surface area contributed by atoms with Crippen LogP contribution in [0.25, 0.3) is 0 Å². The predicted molar refractivity (Wildman–Crippen MR) is 88.6 cm³/mol. The standard InChI is InChI=1S/C15H20N3O5S/c1-11(2)16-5-7-17(8-6-16)15(19)13-4-3-12(10-24(22)23)9-14(13)18(20)21/h4,9,11,24H,5-8,10H2,1-2H3. The van der Waals surface area contributed by atoms with Gasteiger partial charge in [-0.2, -0.15) is 0 Å².